The summed E-state index contributed by atoms with van der Waals surface area (Å²) >= 11 is 0. The average Bonchev–Trinajstić information content (AvgIpc) is 3.64. The van der Waals surface area contributed by atoms with Crippen molar-refractivity contribution in [2.75, 3.05) is 25.1 Å². The van der Waals surface area contributed by atoms with E-state index in [9.17, 15) is 24.3 Å². The number of guanidine groups is 1. The predicted molar refractivity (Wildman–Crippen MR) is 249 cm³/mol. The number of aliphatic imine (C=N–C) groups is 1. The number of para-hydroxylation sites is 1. The number of aliphatic hydroxyl groups is 1. The van der Waals surface area contributed by atoms with Crippen molar-refractivity contribution in [1.29, 1.82) is 0 Å². The van der Waals surface area contributed by atoms with Gasteiger partial charge >= 0.3 is 5.97 Å². The lowest BCUT2D eigenvalue weighted by Crippen LogP contribution is -2.60. The first kappa shape index (κ1) is 51.1. The van der Waals surface area contributed by atoms with Gasteiger partial charge in [0.15, 0.2) is 11.8 Å². The number of carbonyl (C=O) groups excluding carboxylic acids is 4. The van der Waals surface area contributed by atoms with Gasteiger partial charge in [0.1, 0.15) is 29.6 Å². The van der Waals surface area contributed by atoms with Crippen molar-refractivity contribution < 1.29 is 29.1 Å². The van der Waals surface area contributed by atoms with Gasteiger partial charge in [-0.1, -0.05) is 100 Å². The van der Waals surface area contributed by atoms with Gasteiger partial charge in [0.05, 0.1) is 23.7 Å². The van der Waals surface area contributed by atoms with Crippen LogP contribution in [0.5, 0.6) is 0 Å². The summed E-state index contributed by atoms with van der Waals surface area (Å²) < 4.78 is 2.21. The molecule has 0 aliphatic rings. The lowest BCUT2D eigenvalue weighted by molar-refractivity contribution is -0.155. The third-order valence-electron chi connectivity index (χ3n) is 10.5. The fourth-order valence-electron chi connectivity index (χ4n) is 7.11. The first-order valence-electron chi connectivity index (χ1n) is 22.1. The molecule has 2 aromatic heterocycles. The van der Waals surface area contributed by atoms with Crippen LogP contribution in [0.2, 0.25) is 0 Å². The number of hydrogen-bond acceptors (Lipinski definition) is 13. The largest absolute Gasteiger partial charge is 0.393 e. The maximum atomic E-state index is 14.0. The molecule has 21 heteroatoms. The van der Waals surface area contributed by atoms with Gasteiger partial charge in [-0.05, 0) is 61.1 Å². The highest BCUT2D eigenvalue weighted by molar-refractivity contribution is 6.07. The Balaban J connectivity index is 1.50. The Morgan fingerprint density at radius 3 is 2.28 bits per heavy atom. The standard InChI is InChI=1S/C44H65N15O6/c1-6-7-21-34-54-38-39(59(34)25-29-16-9-8-10-17-29)30-18-11-12-19-31(30)50-40(38)56-58-65-43(64)37(28(4)5)55-41(62)32(20-15-23-48-44(45)46)51-42(63)36(27(2)3)53-33(26-60)52-35(61)22-13-14-24-49-57-47/h8-12,16-19,27-28,32-33,36-37,53,58,60H,6-7,13-15,20-26H2,1-5H3,(H,50,56)(H,51,63)(H,52,61)(H,55,62)(H4,45,46,48). The Morgan fingerprint density at radius 2 is 1.60 bits per heavy atom. The Kier molecular flexibility index (Phi) is 20.7. The molecule has 4 aromatic rings. The van der Waals surface area contributed by atoms with Gasteiger partial charge in [-0.25, -0.2) is 14.8 Å². The number of anilines is 1. The van der Waals surface area contributed by atoms with E-state index in [-0.39, 0.29) is 43.7 Å². The van der Waals surface area contributed by atoms with Crippen LogP contribution in [-0.2, 0) is 37.0 Å². The van der Waals surface area contributed by atoms with Crippen molar-refractivity contribution in [3.8, 4) is 0 Å². The van der Waals surface area contributed by atoms with Crippen molar-refractivity contribution in [3.05, 3.63) is 76.4 Å². The monoisotopic (exact) mass is 900 g/mol. The number of aryl methyl sites for hydroxylation is 1. The molecule has 0 saturated carbocycles. The minimum Gasteiger partial charge on any atom is -0.393 e. The second kappa shape index (κ2) is 26.3. The van der Waals surface area contributed by atoms with Crippen LogP contribution in [0.3, 0.4) is 0 Å². The summed E-state index contributed by atoms with van der Waals surface area (Å²) in [6.07, 6.45) is 3.16. The zero-order chi connectivity index (χ0) is 47.3. The van der Waals surface area contributed by atoms with E-state index >= 15 is 0 Å². The molecule has 0 saturated heterocycles. The number of hydrogen-bond donors (Lipinski definition) is 9. The minimum atomic E-state index is -1.16. The summed E-state index contributed by atoms with van der Waals surface area (Å²) in [6, 6.07) is 14.6. The summed E-state index contributed by atoms with van der Waals surface area (Å²) in [7, 11) is 0. The fraction of sp³-hybridized carbons (Fsp3) is 0.523. The highest BCUT2D eigenvalue weighted by Gasteiger charge is 2.33. The number of nitrogens with one attached hydrogen (secondary N) is 6. The molecule has 4 rings (SSSR count). The molecular formula is C44H65N15O6. The summed E-state index contributed by atoms with van der Waals surface area (Å²) in [5, 5.41) is 25.6. The van der Waals surface area contributed by atoms with Crippen LogP contribution in [0.15, 0.2) is 64.7 Å². The fourth-order valence-corrected chi connectivity index (χ4v) is 7.11. The molecule has 0 bridgehead atoms. The van der Waals surface area contributed by atoms with Gasteiger partial charge in [-0.3, -0.25) is 30.1 Å². The van der Waals surface area contributed by atoms with Crippen molar-refractivity contribution in [2.24, 2.45) is 33.4 Å². The van der Waals surface area contributed by atoms with E-state index in [0.29, 0.717) is 42.7 Å². The van der Waals surface area contributed by atoms with Crippen molar-refractivity contribution in [2.45, 2.75) is 117 Å². The highest BCUT2D eigenvalue weighted by atomic mass is 16.7. The number of rotatable bonds is 28. The number of aromatic nitrogens is 3. The molecule has 0 spiro atoms. The molecule has 0 radical (unpaired) electrons. The van der Waals surface area contributed by atoms with E-state index in [1.54, 1.807) is 27.7 Å². The van der Waals surface area contributed by atoms with Crippen LogP contribution >= 0.6 is 0 Å². The molecule has 2 aromatic carbocycles. The number of amides is 3. The van der Waals surface area contributed by atoms with Crippen LogP contribution in [0.25, 0.3) is 32.4 Å². The average molecular weight is 900 g/mol. The van der Waals surface area contributed by atoms with Crippen LogP contribution in [0, 0.1) is 11.8 Å². The zero-order valence-corrected chi connectivity index (χ0v) is 37.9. The normalized spacial score (nSPS) is 13.1. The van der Waals surface area contributed by atoms with Crippen LogP contribution in [-0.4, -0.2) is 93.3 Å². The third-order valence-corrected chi connectivity index (χ3v) is 10.5. The number of pyridine rings is 1. The topological polar surface area (TPSA) is 314 Å². The van der Waals surface area contributed by atoms with E-state index in [4.69, 9.17) is 31.8 Å². The third kappa shape index (κ3) is 15.6. The first-order chi connectivity index (χ1) is 31.3. The van der Waals surface area contributed by atoms with Crippen LogP contribution in [0.1, 0.15) is 91.0 Å². The summed E-state index contributed by atoms with van der Waals surface area (Å²) in [5.41, 5.74) is 28.2. The molecule has 0 aliphatic heterocycles. The number of nitrogens with zero attached hydrogens (tertiary/aromatic N) is 7. The lowest BCUT2D eigenvalue weighted by atomic mass is 10.0. The van der Waals surface area contributed by atoms with E-state index in [1.165, 1.54) is 0 Å². The van der Waals surface area contributed by atoms with E-state index in [0.717, 1.165) is 41.6 Å². The molecule has 3 amide bonds. The summed E-state index contributed by atoms with van der Waals surface area (Å²) in [5.74, 6) is -2.15. The number of nitrogens with two attached hydrogens (primary N) is 2. The van der Waals surface area contributed by atoms with Gasteiger partial charge < -0.3 is 41.9 Å². The Bertz CT molecular complexity index is 2260. The molecule has 352 valence electrons. The Labute approximate surface area is 378 Å². The second-order valence-electron chi connectivity index (χ2n) is 16.4. The number of carbonyl (C=O) groups is 4. The highest BCUT2D eigenvalue weighted by Crippen LogP contribution is 2.31. The zero-order valence-electron chi connectivity index (χ0n) is 37.9. The van der Waals surface area contributed by atoms with Gasteiger partial charge in [-0.15, -0.1) is 0 Å². The number of benzene rings is 2. The molecule has 11 N–H and O–H groups in total. The van der Waals surface area contributed by atoms with E-state index in [1.807, 2.05) is 42.5 Å². The number of hydrazine groups is 1. The van der Waals surface area contributed by atoms with E-state index < -0.39 is 54.6 Å². The number of aliphatic hydroxyl groups excluding tert-OH is 1. The quantitative estimate of drug-likeness (QED) is 0.00577. The SMILES string of the molecule is CCCCc1nc2c(NNOC(=O)C(NC(=O)C(CCCN=C(N)N)NC(=O)C(NC(CO)NC(=O)CCCCN=[N+]=[N-])C(C)C)C(C)C)nc3ccccc3c2n1Cc1ccccc1. The lowest BCUT2D eigenvalue weighted by Gasteiger charge is -2.29. The molecular weight excluding hydrogens is 835 g/mol. The van der Waals surface area contributed by atoms with Gasteiger partial charge in [0.25, 0.3) is 0 Å². The summed E-state index contributed by atoms with van der Waals surface area (Å²) in [4.78, 5) is 76.2. The van der Waals surface area contributed by atoms with Crippen LogP contribution < -0.4 is 43.7 Å². The van der Waals surface area contributed by atoms with E-state index in [2.05, 4.69) is 70.9 Å². The maximum Gasteiger partial charge on any atom is 0.349 e. The first-order valence-corrected chi connectivity index (χ1v) is 22.1. The number of imidazole rings is 1. The number of azide groups is 1. The van der Waals surface area contributed by atoms with Crippen molar-refractivity contribution >= 4 is 57.4 Å². The molecule has 21 nitrogen and oxygen atoms in total. The van der Waals surface area contributed by atoms with Gasteiger partial charge in [-0.2, -0.15) is 0 Å². The van der Waals surface area contributed by atoms with Crippen molar-refractivity contribution in [1.82, 2.24) is 41.4 Å². The Hall–Kier alpha value is -6.54. The molecule has 2 heterocycles. The molecule has 0 aliphatic carbocycles. The van der Waals surface area contributed by atoms with Gasteiger partial charge in [0.2, 0.25) is 17.7 Å². The smallest absolute Gasteiger partial charge is 0.349 e. The summed E-state index contributed by atoms with van der Waals surface area (Å²) in [6.45, 7) is 9.63. The second-order valence-corrected chi connectivity index (χ2v) is 16.4. The molecule has 4 atom stereocenters. The predicted octanol–water partition coefficient (Wildman–Crippen LogP) is 3.56. The maximum absolute atomic E-state index is 14.0. The molecule has 0 fully saturated rings. The minimum absolute atomic E-state index is 0.0929. The number of unbranched alkanes of at least 4 members (excludes halogenated alkanes) is 2. The van der Waals surface area contributed by atoms with Crippen LogP contribution in [0.4, 0.5) is 5.82 Å². The van der Waals surface area contributed by atoms with Gasteiger partial charge in [0, 0.05) is 42.8 Å². The van der Waals surface area contributed by atoms with Crippen molar-refractivity contribution in [3.63, 3.8) is 0 Å². The molecule has 65 heavy (non-hydrogen) atoms. The number of fused-ring (bicyclic) bond motifs is 3. The molecule has 4 unspecified atom stereocenters. The Morgan fingerprint density at radius 1 is 0.877 bits per heavy atom.